The fourth-order valence-corrected chi connectivity index (χ4v) is 5.90. The molecule has 0 aromatic heterocycles. The van der Waals surface area contributed by atoms with Crippen molar-refractivity contribution in [2.75, 3.05) is 26.4 Å². The molecule has 0 radical (unpaired) electrons. The molecular weight excluding hydrogens is 790 g/mol. The summed E-state index contributed by atoms with van der Waals surface area (Å²) in [7, 11) is 0. The lowest BCUT2D eigenvalue weighted by Gasteiger charge is -2.34. The number of carboxylic acid groups (broad SMARTS) is 2. The molecule has 60 heavy (non-hydrogen) atoms. The second kappa shape index (κ2) is 28.0. The molecule has 0 heterocycles. The number of nitrogens with one attached hydrogen (secondary N) is 5. The Labute approximate surface area is 348 Å². The molecule has 0 saturated heterocycles. The summed E-state index contributed by atoms with van der Waals surface area (Å²) in [4.78, 5) is 118. The van der Waals surface area contributed by atoms with E-state index in [0.29, 0.717) is 23.3 Å². The van der Waals surface area contributed by atoms with Crippen molar-refractivity contribution in [2.24, 2.45) is 11.7 Å². The Morgan fingerprint density at radius 3 is 1.68 bits per heavy atom. The van der Waals surface area contributed by atoms with Crippen molar-refractivity contribution in [3.05, 3.63) is 35.9 Å². The molecule has 0 aliphatic carbocycles. The number of hydrogen-bond acceptors (Lipinski definition) is 13. The zero-order valence-electron chi connectivity index (χ0n) is 34.3. The third kappa shape index (κ3) is 18.6. The number of rotatable bonds is 29. The average Bonchev–Trinajstić information content (AvgIpc) is 3.21. The van der Waals surface area contributed by atoms with Gasteiger partial charge in [0, 0.05) is 19.3 Å². The summed E-state index contributed by atoms with van der Waals surface area (Å²) >= 11 is 0. The molecular formula is C39H61N7O14. The van der Waals surface area contributed by atoms with Gasteiger partial charge in [0.25, 0.3) is 5.91 Å². The Balaban J connectivity index is 3.67. The van der Waals surface area contributed by atoms with Crippen molar-refractivity contribution in [2.45, 2.75) is 121 Å². The van der Waals surface area contributed by atoms with Crippen LogP contribution < -0.4 is 32.3 Å². The minimum Gasteiger partial charge on any atom is -0.481 e. The highest BCUT2D eigenvalue weighted by molar-refractivity contribution is 6.04. The lowest BCUT2D eigenvalue weighted by Crippen LogP contribution is -2.63. The average molecular weight is 852 g/mol. The Bertz CT molecular complexity index is 1600. The molecule has 6 atom stereocenters. The minimum absolute atomic E-state index is 0.0858. The maximum atomic E-state index is 14.5. The first-order valence-electron chi connectivity index (χ1n) is 19.8. The predicted molar refractivity (Wildman–Crippen MR) is 213 cm³/mol. The van der Waals surface area contributed by atoms with E-state index in [9.17, 15) is 63.6 Å². The van der Waals surface area contributed by atoms with E-state index in [-0.39, 0.29) is 25.2 Å². The smallest absolute Gasteiger partial charge is 0.326 e. The topological polar surface area (TPSA) is 344 Å². The van der Waals surface area contributed by atoms with Crippen LogP contribution >= 0.6 is 0 Å². The van der Waals surface area contributed by atoms with E-state index in [0.717, 1.165) is 19.3 Å². The number of aliphatic hydroxyl groups is 3. The second-order valence-corrected chi connectivity index (χ2v) is 14.5. The summed E-state index contributed by atoms with van der Waals surface area (Å²) in [6.45, 7) is 1.82. The number of amides is 7. The Morgan fingerprint density at radius 1 is 0.650 bits per heavy atom. The molecule has 336 valence electrons. The maximum Gasteiger partial charge on any atom is 0.326 e. The van der Waals surface area contributed by atoms with Crippen molar-refractivity contribution >= 4 is 53.3 Å². The zero-order chi connectivity index (χ0) is 45.4. The van der Waals surface area contributed by atoms with Crippen LogP contribution in [0.2, 0.25) is 0 Å². The first-order chi connectivity index (χ1) is 28.4. The number of hydrogen-bond donors (Lipinski definition) is 11. The lowest BCUT2D eigenvalue weighted by molar-refractivity contribution is -0.155. The van der Waals surface area contributed by atoms with E-state index in [1.807, 2.05) is 6.92 Å². The zero-order valence-corrected chi connectivity index (χ0v) is 34.3. The quantitative estimate of drug-likeness (QED) is 0.0377. The summed E-state index contributed by atoms with van der Waals surface area (Å²) in [5.74, 6) is -10.4. The number of imide groups is 1. The fraction of sp³-hybridized carbons (Fsp3) is 0.615. The van der Waals surface area contributed by atoms with E-state index in [4.69, 9.17) is 10.8 Å². The van der Waals surface area contributed by atoms with Crippen molar-refractivity contribution in [3.63, 3.8) is 0 Å². The lowest BCUT2D eigenvalue weighted by atomic mass is 9.99. The van der Waals surface area contributed by atoms with Crippen molar-refractivity contribution in [3.8, 4) is 0 Å². The van der Waals surface area contributed by atoms with E-state index in [1.165, 1.54) is 0 Å². The molecule has 21 nitrogen and oxygen atoms in total. The van der Waals surface area contributed by atoms with Crippen LogP contribution in [0.5, 0.6) is 0 Å². The molecule has 0 saturated carbocycles. The predicted octanol–water partition coefficient (Wildman–Crippen LogP) is -2.33. The highest BCUT2D eigenvalue weighted by atomic mass is 16.4. The third-order valence-electron chi connectivity index (χ3n) is 9.12. The number of nitrogens with two attached hydrogens (primary N) is 1. The number of aliphatic carboxylic acids is 2. The summed E-state index contributed by atoms with van der Waals surface area (Å²) < 4.78 is 0. The number of aliphatic hydroxyl groups excluding tert-OH is 3. The number of unbranched alkanes of at least 4 members (excludes halogenated alkanes) is 4. The van der Waals surface area contributed by atoms with Crippen LogP contribution in [0, 0.1) is 5.92 Å². The van der Waals surface area contributed by atoms with Gasteiger partial charge in [-0.15, -0.1) is 0 Å². The monoisotopic (exact) mass is 851 g/mol. The molecule has 1 aromatic carbocycles. The molecule has 0 bridgehead atoms. The van der Waals surface area contributed by atoms with Crippen LogP contribution in [0.4, 0.5) is 0 Å². The summed E-state index contributed by atoms with van der Waals surface area (Å²) in [6.07, 6.45) is 1.71. The van der Waals surface area contributed by atoms with Gasteiger partial charge >= 0.3 is 11.9 Å². The first-order valence-corrected chi connectivity index (χ1v) is 19.8. The van der Waals surface area contributed by atoms with Crippen molar-refractivity contribution in [1.29, 1.82) is 0 Å². The molecule has 0 spiro atoms. The van der Waals surface area contributed by atoms with Crippen LogP contribution in [0.1, 0.15) is 84.1 Å². The molecule has 21 heteroatoms. The van der Waals surface area contributed by atoms with Crippen LogP contribution in [-0.2, 0) is 49.6 Å². The molecule has 0 aliphatic heterocycles. The minimum atomic E-state index is -1.87. The van der Waals surface area contributed by atoms with Crippen LogP contribution in [0.3, 0.4) is 0 Å². The van der Waals surface area contributed by atoms with Gasteiger partial charge in [0.05, 0.1) is 26.4 Å². The normalized spacial score (nSPS) is 14.0. The second-order valence-electron chi connectivity index (χ2n) is 14.5. The number of benzene rings is 1. The van der Waals surface area contributed by atoms with Gasteiger partial charge in [-0.05, 0) is 30.7 Å². The number of carboxylic acids is 2. The Hall–Kier alpha value is -5.51. The summed E-state index contributed by atoms with van der Waals surface area (Å²) in [6, 6.07) is -1.93. The van der Waals surface area contributed by atoms with Crippen molar-refractivity contribution < 1.29 is 68.7 Å². The molecule has 1 rings (SSSR count). The highest BCUT2D eigenvalue weighted by Gasteiger charge is 2.40. The van der Waals surface area contributed by atoms with Gasteiger partial charge < -0.3 is 57.9 Å². The molecule has 0 unspecified atom stereocenters. The van der Waals surface area contributed by atoms with Gasteiger partial charge in [-0.2, -0.15) is 0 Å². The van der Waals surface area contributed by atoms with Gasteiger partial charge in [-0.25, -0.2) is 4.79 Å². The Morgan fingerprint density at radius 2 is 1.17 bits per heavy atom. The summed E-state index contributed by atoms with van der Waals surface area (Å²) in [5.41, 5.74) is 5.75. The number of nitrogens with zero attached hydrogens (tertiary/aromatic N) is 1. The van der Waals surface area contributed by atoms with E-state index < -0.39 is 129 Å². The molecule has 0 fully saturated rings. The van der Waals surface area contributed by atoms with E-state index >= 15 is 0 Å². The largest absolute Gasteiger partial charge is 0.481 e. The van der Waals surface area contributed by atoms with Gasteiger partial charge in [0.15, 0.2) is 0 Å². The summed E-state index contributed by atoms with van der Waals surface area (Å²) in [5, 5.41) is 59.8. The van der Waals surface area contributed by atoms with Crippen molar-refractivity contribution in [1.82, 2.24) is 31.5 Å². The van der Waals surface area contributed by atoms with E-state index in [1.54, 1.807) is 44.2 Å². The van der Waals surface area contributed by atoms with Crippen LogP contribution in [-0.4, -0.2) is 146 Å². The first kappa shape index (κ1) is 52.5. The van der Waals surface area contributed by atoms with E-state index in [2.05, 4.69) is 26.6 Å². The Kier molecular flexibility index (Phi) is 24.5. The van der Waals surface area contributed by atoms with Gasteiger partial charge in [-0.1, -0.05) is 76.8 Å². The third-order valence-corrected chi connectivity index (χ3v) is 9.12. The molecule has 1 aromatic rings. The van der Waals surface area contributed by atoms with Crippen LogP contribution in [0.15, 0.2) is 30.3 Å². The number of carbonyl (C=O) groups is 9. The standard InChI is InChI=1S/C39H61N7O14/c1-4-5-6-7-11-14-32(51)46(38(58)29(22-49)45-35(55)27(20-47)41-31(50)19-40)30(18-24-12-9-8-10-13-24)37(57)43-26(17-23(2)3)34(54)44-28(21-48)36(56)42-25(39(59)60)15-16-33(52)53/h8-10,12-13,23,25-30,47-49H,4-7,11,14-22,40H2,1-3H3,(H,41,50)(H,42,56)(H,43,57)(H,44,54)(H,45,55)(H,52,53)(H,59,60)/t25-,26-,27-,28-,29-,30-/m0/s1. The highest BCUT2D eigenvalue weighted by Crippen LogP contribution is 2.17. The molecule has 12 N–H and O–H groups in total. The molecule has 7 amide bonds. The van der Waals surface area contributed by atoms with Gasteiger partial charge in [0.1, 0.15) is 36.3 Å². The molecule has 0 aliphatic rings. The maximum absolute atomic E-state index is 14.5. The van der Waals surface area contributed by atoms with Crippen LogP contribution in [0.25, 0.3) is 0 Å². The fourth-order valence-electron chi connectivity index (χ4n) is 5.90. The number of carbonyl (C=O) groups excluding carboxylic acids is 7. The van der Waals surface area contributed by atoms with Gasteiger partial charge in [0.2, 0.25) is 35.4 Å². The SMILES string of the molecule is CCCCCCCC(=O)N(C(=O)[C@H](CO)NC(=O)[C@H](CO)NC(=O)CN)[C@@H](Cc1ccccc1)C(=O)N[C@@H](CC(C)C)C(=O)N[C@@H](CO)C(=O)N[C@@H](CCC(=O)O)C(=O)O. The van der Waals surface area contributed by atoms with Gasteiger partial charge in [-0.3, -0.25) is 43.3 Å².